The quantitative estimate of drug-likeness (QED) is 0.581. The molecule has 1 atom stereocenters. The Balaban J connectivity index is 3.92. The Bertz CT molecular complexity index is 177. The smallest absolute Gasteiger partial charge is 0.0613 e. The average molecular weight is 245 g/mol. The molecule has 3 heteroatoms. The normalized spacial score (nSPS) is 15.5. The molecule has 104 valence electrons. The van der Waals surface area contributed by atoms with Crippen molar-refractivity contribution in [3.8, 4) is 0 Å². The summed E-state index contributed by atoms with van der Waals surface area (Å²) in [6.07, 6.45) is 2.92. The first-order chi connectivity index (χ1) is 7.95. The molecule has 0 aromatic rings. The monoisotopic (exact) mass is 245 g/mol. The van der Waals surface area contributed by atoms with Gasteiger partial charge in [0.1, 0.15) is 0 Å². The van der Waals surface area contributed by atoms with Crippen LogP contribution in [-0.4, -0.2) is 36.5 Å². The number of aliphatic hydroxyl groups is 1. The number of hydrogen-bond acceptors (Lipinski definition) is 3. The summed E-state index contributed by atoms with van der Waals surface area (Å²) in [7, 11) is 0. The lowest BCUT2D eigenvalue weighted by Crippen LogP contribution is -2.51. The van der Waals surface area contributed by atoms with Gasteiger partial charge in [-0.2, -0.15) is 0 Å². The maximum Gasteiger partial charge on any atom is 0.0613 e. The van der Waals surface area contributed by atoms with Gasteiger partial charge < -0.3 is 15.2 Å². The van der Waals surface area contributed by atoms with E-state index in [9.17, 15) is 5.11 Å². The molecule has 0 spiro atoms. The minimum absolute atomic E-state index is 0.130. The molecule has 0 aliphatic rings. The fraction of sp³-hybridized carbons (Fsp3) is 1.00. The molecule has 0 amide bonds. The van der Waals surface area contributed by atoms with E-state index in [1.165, 1.54) is 0 Å². The molecule has 0 aliphatic carbocycles. The lowest BCUT2D eigenvalue weighted by molar-refractivity contribution is 0.0858. The summed E-state index contributed by atoms with van der Waals surface area (Å²) in [6.45, 7) is 12.5. The summed E-state index contributed by atoms with van der Waals surface area (Å²) >= 11 is 0. The van der Waals surface area contributed by atoms with Gasteiger partial charge in [-0.15, -0.1) is 0 Å². The van der Waals surface area contributed by atoms with Gasteiger partial charge in [-0.25, -0.2) is 0 Å². The van der Waals surface area contributed by atoms with Crippen molar-refractivity contribution < 1.29 is 9.84 Å². The summed E-state index contributed by atoms with van der Waals surface area (Å²) in [5.41, 5.74) is -0.130. The third-order valence-corrected chi connectivity index (χ3v) is 2.97. The third-order valence-electron chi connectivity index (χ3n) is 2.97. The van der Waals surface area contributed by atoms with E-state index in [0.717, 1.165) is 32.5 Å². The first-order valence-electron chi connectivity index (χ1n) is 6.92. The highest BCUT2D eigenvalue weighted by Crippen LogP contribution is 2.18. The predicted octanol–water partition coefficient (Wildman–Crippen LogP) is 2.58. The molecule has 0 rings (SSSR count). The molecule has 0 bridgehead atoms. The van der Waals surface area contributed by atoms with Gasteiger partial charge in [-0.05, 0) is 25.2 Å². The molecule has 0 heterocycles. The molecule has 0 saturated carbocycles. The van der Waals surface area contributed by atoms with Crippen molar-refractivity contribution in [3.05, 3.63) is 0 Å². The third kappa shape index (κ3) is 7.74. The number of hydrogen-bond donors (Lipinski definition) is 2. The number of rotatable bonds is 10. The molecule has 17 heavy (non-hydrogen) atoms. The van der Waals surface area contributed by atoms with Crippen LogP contribution in [0.15, 0.2) is 0 Å². The van der Waals surface area contributed by atoms with E-state index >= 15 is 0 Å². The molecule has 0 aromatic carbocycles. The fourth-order valence-electron chi connectivity index (χ4n) is 2.03. The second kappa shape index (κ2) is 8.90. The summed E-state index contributed by atoms with van der Waals surface area (Å²) < 4.78 is 5.58. The van der Waals surface area contributed by atoms with Gasteiger partial charge in [-0.3, -0.25) is 0 Å². The Morgan fingerprint density at radius 1 is 1.24 bits per heavy atom. The molecule has 0 aromatic heterocycles. The van der Waals surface area contributed by atoms with E-state index in [4.69, 9.17) is 4.74 Å². The Morgan fingerprint density at radius 3 is 2.29 bits per heavy atom. The highest BCUT2D eigenvalue weighted by molar-refractivity contribution is 4.87. The van der Waals surface area contributed by atoms with E-state index < -0.39 is 0 Å². The van der Waals surface area contributed by atoms with Crippen LogP contribution in [0.5, 0.6) is 0 Å². The first kappa shape index (κ1) is 16.9. The van der Waals surface area contributed by atoms with E-state index in [-0.39, 0.29) is 12.1 Å². The number of nitrogens with one attached hydrogen (secondary N) is 1. The zero-order valence-electron chi connectivity index (χ0n) is 12.3. The molecular formula is C14H31NO2. The fourth-order valence-corrected chi connectivity index (χ4v) is 2.03. The molecule has 2 N–H and O–H groups in total. The van der Waals surface area contributed by atoms with Crippen LogP contribution in [-0.2, 0) is 4.74 Å². The Hall–Kier alpha value is -0.120. The zero-order valence-corrected chi connectivity index (χ0v) is 12.3. The highest BCUT2D eigenvalue weighted by Gasteiger charge is 2.26. The number of ether oxygens (including phenoxy) is 1. The SMILES string of the molecule is CCC(CO)(CCCOCC(C)C)NC(C)C. The highest BCUT2D eigenvalue weighted by atomic mass is 16.5. The van der Waals surface area contributed by atoms with Gasteiger partial charge >= 0.3 is 0 Å². The minimum atomic E-state index is -0.130. The van der Waals surface area contributed by atoms with Crippen molar-refractivity contribution in [2.75, 3.05) is 19.8 Å². The lowest BCUT2D eigenvalue weighted by atomic mass is 9.90. The Labute approximate surface area is 107 Å². The van der Waals surface area contributed by atoms with Gasteiger partial charge in [-0.1, -0.05) is 34.6 Å². The van der Waals surface area contributed by atoms with Gasteiger partial charge in [0, 0.05) is 24.8 Å². The largest absolute Gasteiger partial charge is 0.394 e. The van der Waals surface area contributed by atoms with Crippen LogP contribution in [0, 0.1) is 5.92 Å². The molecule has 0 saturated heterocycles. The van der Waals surface area contributed by atoms with Crippen molar-refractivity contribution in [2.24, 2.45) is 5.92 Å². The van der Waals surface area contributed by atoms with Gasteiger partial charge in [0.2, 0.25) is 0 Å². The lowest BCUT2D eigenvalue weighted by Gasteiger charge is -2.34. The summed E-state index contributed by atoms with van der Waals surface area (Å²) in [6, 6.07) is 0.402. The summed E-state index contributed by atoms with van der Waals surface area (Å²) in [4.78, 5) is 0. The molecule has 0 fully saturated rings. The molecular weight excluding hydrogens is 214 g/mol. The van der Waals surface area contributed by atoms with Crippen LogP contribution >= 0.6 is 0 Å². The standard InChI is InChI=1S/C14H31NO2/c1-6-14(11-16,15-13(4)5)8-7-9-17-10-12(2)3/h12-13,15-16H,6-11H2,1-5H3. The van der Waals surface area contributed by atoms with Crippen molar-refractivity contribution in [3.63, 3.8) is 0 Å². The van der Waals surface area contributed by atoms with Crippen molar-refractivity contribution in [1.82, 2.24) is 5.32 Å². The second-order valence-corrected chi connectivity index (χ2v) is 5.66. The van der Waals surface area contributed by atoms with Crippen LogP contribution in [0.3, 0.4) is 0 Å². The first-order valence-corrected chi connectivity index (χ1v) is 6.92. The minimum Gasteiger partial charge on any atom is -0.394 e. The zero-order chi connectivity index (χ0) is 13.3. The van der Waals surface area contributed by atoms with Crippen molar-refractivity contribution in [2.45, 2.75) is 65.5 Å². The maximum absolute atomic E-state index is 9.57. The van der Waals surface area contributed by atoms with Crippen LogP contribution in [0.4, 0.5) is 0 Å². The van der Waals surface area contributed by atoms with Crippen molar-refractivity contribution >= 4 is 0 Å². The van der Waals surface area contributed by atoms with Crippen LogP contribution in [0.2, 0.25) is 0 Å². The summed E-state index contributed by atoms with van der Waals surface area (Å²) in [5.74, 6) is 0.595. The van der Waals surface area contributed by atoms with Crippen LogP contribution in [0.1, 0.15) is 53.9 Å². The second-order valence-electron chi connectivity index (χ2n) is 5.66. The van der Waals surface area contributed by atoms with E-state index in [0.29, 0.717) is 12.0 Å². The van der Waals surface area contributed by atoms with Gasteiger partial charge in [0.05, 0.1) is 6.61 Å². The molecule has 0 aliphatic heterocycles. The molecule has 1 unspecified atom stereocenters. The topological polar surface area (TPSA) is 41.5 Å². The van der Waals surface area contributed by atoms with Gasteiger partial charge in [0.15, 0.2) is 0 Å². The Kier molecular flexibility index (Phi) is 8.83. The maximum atomic E-state index is 9.57. The van der Waals surface area contributed by atoms with Crippen LogP contribution < -0.4 is 5.32 Å². The van der Waals surface area contributed by atoms with E-state index in [1.54, 1.807) is 0 Å². The Morgan fingerprint density at radius 2 is 1.88 bits per heavy atom. The van der Waals surface area contributed by atoms with Gasteiger partial charge in [0.25, 0.3) is 0 Å². The van der Waals surface area contributed by atoms with Crippen LogP contribution in [0.25, 0.3) is 0 Å². The van der Waals surface area contributed by atoms with Crippen molar-refractivity contribution in [1.29, 1.82) is 0 Å². The predicted molar refractivity (Wildman–Crippen MR) is 73.3 cm³/mol. The average Bonchev–Trinajstić information content (AvgIpc) is 2.26. The van der Waals surface area contributed by atoms with E-state index in [1.807, 2.05) is 0 Å². The molecule has 0 radical (unpaired) electrons. The molecule has 3 nitrogen and oxygen atoms in total. The van der Waals surface area contributed by atoms with E-state index in [2.05, 4.69) is 39.9 Å². The summed E-state index contributed by atoms with van der Waals surface area (Å²) in [5, 5.41) is 13.1. The number of aliphatic hydroxyl groups excluding tert-OH is 1.